The first-order chi connectivity index (χ1) is 9.27. The summed E-state index contributed by atoms with van der Waals surface area (Å²) in [4.78, 5) is 14.4. The molecule has 2 rings (SSSR count). The minimum absolute atomic E-state index is 0.182. The maximum Gasteiger partial charge on any atom is 0.256 e. The molecule has 0 saturated carbocycles. The smallest absolute Gasteiger partial charge is 0.256 e. The molecule has 1 aromatic carbocycles. The fraction of sp³-hybridized carbons (Fsp3) is 0.214. The Balaban J connectivity index is 2.18. The van der Waals surface area contributed by atoms with Crippen LogP contribution in [0.3, 0.4) is 0 Å². The average molecular weight is 309 g/mol. The molecule has 0 fully saturated rings. The summed E-state index contributed by atoms with van der Waals surface area (Å²) in [6.45, 7) is 3.86. The Kier molecular flexibility index (Phi) is 3.96. The zero-order chi connectivity index (χ0) is 14.9. The van der Waals surface area contributed by atoms with Crippen LogP contribution >= 0.6 is 11.3 Å². The summed E-state index contributed by atoms with van der Waals surface area (Å²) in [5, 5.41) is 2.76. The van der Waals surface area contributed by atoms with Crippen molar-refractivity contribution in [2.45, 2.75) is 18.7 Å². The zero-order valence-corrected chi connectivity index (χ0v) is 13.1. The summed E-state index contributed by atoms with van der Waals surface area (Å²) >= 11 is 1.57. The van der Waals surface area contributed by atoms with Crippen LogP contribution in [0.4, 0.5) is 5.69 Å². The van der Waals surface area contributed by atoms with Gasteiger partial charge in [-0.3, -0.25) is 4.79 Å². The predicted molar refractivity (Wildman–Crippen MR) is 81.3 cm³/mol. The first kappa shape index (κ1) is 14.7. The molecule has 0 bridgehead atoms. The van der Waals surface area contributed by atoms with E-state index in [1.807, 2.05) is 19.9 Å². The van der Waals surface area contributed by atoms with Gasteiger partial charge in [0.25, 0.3) is 5.91 Å². The molecule has 0 aliphatic carbocycles. The van der Waals surface area contributed by atoms with Gasteiger partial charge in [-0.05, 0) is 44.2 Å². The molecule has 4 nitrogen and oxygen atoms in total. The first-order valence-electron chi connectivity index (χ1n) is 5.96. The molecule has 1 heterocycles. The van der Waals surface area contributed by atoms with Gasteiger partial charge in [0.1, 0.15) is 0 Å². The topological polar surface area (TPSA) is 63.2 Å². The second kappa shape index (κ2) is 5.38. The SMILES string of the molecule is Cc1cc(C(=O)Nc2ccc(S(C)(=O)=O)cc2)c(C)s1. The van der Waals surface area contributed by atoms with Gasteiger partial charge in [0, 0.05) is 21.7 Å². The van der Waals surface area contributed by atoms with Crippen LogP contribution in [-0.2, 0) is 9.84 Å². The van der Waals surface area contributed by atoms with Crippen molar-refractivity contribution in [3.05, 3.63) is 45.6 Å². The van der Waals surface area contributed by atoms with E-state index in [1.54, 1.807) is 23.5 Å². The van der Waals surface area contributed by atoms with E-state index in [1.165, 1.54) is 12.1 Å². The molecule has 0 unspecified atom stereocenters. The molecule has 6 heteroatoms. The maximum absolute atomic E-state index is 12.1. The van der Waals surface area contributed by atoms with E-state index in [0.29, 0.717) is 11.3 Å². The van der Waals surface area contributed by atoms with Gasteiger partial charge in [0.2, 0.25) is 0 Å². The van der Waals surface area contributed by atoms with Gasteiger partial charge >= 0.3 is 0 Å². The molecule has 2 aromatic rings. The number of rotatable bonds is 3. The molecule has 1 amide bonds. The number of hydrogen-bond acceptors (Lipinski definition) is 4. The number of carbonyl (C=O) groups is 1. The van der Waals surface area contributed by atoms with Gasteiger partial charge in [-0.2, -0.15) is 0 Å². The fourth-order valence-electron chi connectivity index (χ4n) is 1.84. The molecule has 0 radical (unpaired) electrons. The summed E-state index contributed by atoms with van der Waals surface area (Å²) in [6.07, 6.45) is 1.15. The zero-order valence-electron chi connectivity index (χ0n) is 11.4. The second-order valence-corrected chi connectivity index (χ2v) is 8.05. The van der Waals surface area contributed by atoms with Crippen LogP contribution in [0.25, 0.3) is 0 Å². The molecule has 0 spiro atoms. The summed E-state index contributed by atoms with van der Waals surface area (Å²) in [5.74, 6) is -0.182. The normalized spacial score (nSPS) is 11.3. The highest BCUT2D eigenvalue weighted by Crippen LogP contribution is 2.22. The highest BCUT2D eigenvalue weighted by atomic mass is 32.2. The van der Waals surface area contributed by atoms with E-state index >= 15 is 0 Å². The number of benzene rings is 1. The molecule has 0 atom stereocenters. The molecule has 0 aliphatic heterocycles. The highest BCUT2D eigenvalue weighted by molar-refractivity contribution is 7.90. The Bertz CT molecular complexity index is 743. The largest absolute Gasteiger partial charge is 0.322 e. The van der Waals surface area contributed by atoms with Crippen LogP contribution in [-0.4, -0.2) is 20.6 Å². The van der Waals surface area contributed by atoms with Gasteiger partial charge in [-0.25, -0.2) is 8.42 Å². The Hall–Kier alpha value is -1.66. The van der Waals surface area contributed by atoms with E-state index in [-0.39, 0.29) is 10.8 Å². The van der Waals surface area contributed by atoms with Gasteiger partial charge in [0.05, 0.1) is 10.5 Å². The molecular weight excluding hydrogens is 294 g/mol. The van der Waals surface area contributed by atoms with Gasteiger partial charge in [-0.1, -0.05) is 0 Å². The maximum atomic E-state index is 12.1. The lowest BCUT2D eigenvalue weighted by Crippen LogP contribution is -2.12. The van der Waals surface area contributed by atoms with Crippen LogP contribution in [0.15, 0.2) is 35.2 Å². The van der Waals surface area contributed by atoms with E-state index in [4.69, 9.17) is 0 Å². The van der Waals surface area contributed by atoms with E-state index < -0.39 is 9.84 Å². The first-order valence-corrected chi connectivity index (χ1v) is 8.66. The average Bonchev–Trinajstić information content (AvgIpc) is 2.68. The molecule has 1 N–H and O–H groups in total. The summed E-state index contributed by atoms with van der Waals surface area (Å²) < 4.78 is 22.7. The van der Waals surface area contributed by atoms with Crippen molar-refractivity contribution in [3.8, 4) is 0 Å². The second-order valence-electron chi connectivity index (χ2n) is 4.58. The number of carbonyl (C=O) groups excluding carboxylic acids is 1. The Morgan fingerprint density at radius 2 is 1.75 bits per heavy atom. The van der Waals surface area contributed by atoms with Crippen LogP contribution in [0, 0.1) is 13.8 Å². The lowest BCUT2D eigenvalue weighted by molar-refractivity contribution is 0.102. The van der Waals surface area contributed by atoms with Gasteiger partial charge in [-0.15, -0.1) is 11.3 Å². The number of aryl methyl sites for hydroxylation is 2. The number of sulfone groups is 1. The van der Waals surface area contributed by atoms with Crippen molar-refractivity contribution in [3.63, 3.8) is 0 Å². The number of anilines is 1. The Labute approximate surface area is 122 Å². The van der Waals surface area contributed by atoms with Crippen LogP contribution in [0.2, 0.25) is 0 Å². The van der Waals surface area contributed by atoms with Crippen molar-refractivity contribution in [1.82, 2.24) is 0 Å². The van der Waals surface area contributed by atoms with E-state index in [0.717, 1.165) is 16.0 Å². The van der Waals surface area contributed by atoms with Gasteiger partial charge in [0.15, 0.2) is 9.84 Å². The van der Waals surface area contributed by atoms with Gasteiger partial charge < -0.3 is 5.32 Å². The fourth-order valence-corrected chi connectivity index (χ4v) is 3.39. The lowest BCUT2D eigenvalue weighted by Gasteiger charge is -2.05. The molecule has 106 valence electrons. The number of nitrogens with one attached hydrogen (secondary N) is 1. The number of hydrogen-bond donors (Lipinski definition) is 1. The third-order valence-electron chi connectivity index (χ3n) is 2.83. The summed E-state index contributed by atoms with van der Waals surface area (Å²) in [6, 6.07) is 7.99. The van der Waals surface area contributed by atoms with Crippen molar-refractivity contribution < 1.29 is 13.2 Å². The van der Waals surface area contributed by atoms with Crippen molar-refractivity contribution >= 4 is 32.8 Å². The van der Waals surface area contributed by atoms with Crippen molar-refractivity contribution in [1.29, 1.82) is 0 Å². The standard InChI is InChI=1S/C14H15NO3S2/c1-9-8-13(10(2)19-9)14(16)15-11-4-6-12(7-5-11)20(3,17)18/h4-8H,1-3H3,(H,15,16). The Morgan fingerprint density at radius 3 is 2.20 bits per heavy atom. The van der Waals surface area contributed by atoms with Crippen molar-refractivity contribution in [2.24, 2.45) is 0 Å². The van der Waals surface area contributed by atoms with Crippen molar-refractivity contribution in [2.75, 3.05) is 11.6 Å². The minimum atomic E-state index is -3.21. The third-order valence-corrected chi connectivity index (χ3v) is 4.92. The molecule has 20 heavy (non-hydrogen) atoms. The monoisotopic (exact) mass is 309 g/mol. The number of thiophene rings is 1. The van der Waals surface area contributed by atoms with E-state index in [2.05, 4.69) is 5.32 Å². The molecule has 0 saturated heterocycles. The Morgan fingerprint density at radius 1 is 1.15 bits per heavy atom. The summed E-state index contributed by atoms with van der Waals surface area (Å²) in [7, 11) is -3.21. The molecule has 1 aromatic heterocycles. The lowest BCUT2D eigenvalue weighted by atomic mass is 10.2. The molecular formula is C14H15NO3S2. The minimum Gasteiger partial charge on any atom is -0.322 e. The highest BCUT2D eigenvalue weighted by Gasteiger charge is 2.12. The summed E-state index contributed by atoms with van der Waals surface area (Å²) in [5.41, 5.74) is 1.23. The van der Waals surface area contributed by atoms with E-state index in [9.17, 15) is 13.2 Å². The molecule has 0 aliphatic rings. The van der Waals surface area contributed by atoms with Crippen LogP contribution < -0.4 is 5.32 Å². The quantitative estimate of drug-likeness (QED) is 0.948. The van der Waals surface area contributed by atoms with Crippen LogP contribution in [0.5, 0.6) is 0 Å². The third kappa shape index (κ3) is 3.26. The predicted octanol–water partition coefficient (Wildman–Crippen LogP) is 3.02. The number of amides is 1. The van der Waals surface area contributed by atoms with Crippen LogP contribution in [0.1, 0.15) is 20.1 Å².